The van der Waals surface area contributed by atoms with Crippen LogP contribution < -0.4 is 0 Å². The van der Waals surface area contributed by atoms with Crippen LogP contribution in [0.25, 0.3) is 0 Å². The van der Waals surface area contributed by atoms with Crippen LogP contribution in [0, 0.1) is 11.7 Å². The average Bonchev–Trinajstić information content (AvgIpc) is 2.87. The number of hydrogen-bond donors (Lipinski definition) is 0. The van der Waals surface area contributed by atoms with Crippen LogP contribution in [0.1, 0.15) is 16.7 Å². The number of hydrogen-bond acceptors (Lipinski definition) is 1. The molecule has 0 bridgehead atoms. The molecule has 0 unspecified atom stereocenters. The largest absolute Gasteiger partial charge is 0.299 e. The van der Waals surface area contributed by atoms with Gasteiger partial charge in [0.2, 0.25) is 0 Å². The topological polar surface area (TPSA) is 17.1 Å². The van der Waals surface area contributed by atoms with Crippen molar-refractivity contribution in [1.29, 1.82) is 0 Å². The lowest BCUT2D eigenvalue weighted by molar-refractivity contribution is -0.122. The van der Waals surface area contributed by atoms with Gasteiger partial charge >= 0.3 is 0 Å². The molecule has 3 rings (SSSR count). The summed E-state index contributed by atoms with van der Waals surface area (Å²) in [6, 6.07) is 12.4. The highest BCUT2D eigenvalue weighted by atomic mass is 35.5. The highest BCUT2D eigenvalue weighted by Gasteiger charge is 2.27. The van der Waals surface area contributed by atoms with E-state index in [2.05, 4.69) is 12.1 Å². The van der Waals surface area contributed by atoms with E-state index in [4.69, 9.17) is 11.6 Å². The first-order valence-electron chi connectivity index (χ1n) is 6.67. The molecule has 0 spiro atoms. The van der Waals surface area contributed by atoms with Gasteiger partial charge in [-0.1, -0.05) is 35.9 Å². The lowest BCUT2D eigenvalue weighted by atomic mass is 9.95. The maximum atomic E-state index is 13.7. The second kappa shape index (κ2) is 5.37. The third-order valence-corrected chi connectivity index (χ3v) is 4.11. The van der Waals surface area contributed by atoms with Crippen LogP contribution in [-0.2, 0) is 24.1 Å². The predicted octanol–water partition coefficient (Wildman–Crippen LogP) is 4.01. The van der Waals surface area contributed by atoms with Crippen molar-refractivity contribution in [2.24, 2.45) is 5.92 Å². The van der Waals surface area contributed by atoms with E-state index in [0.717, 1.165) is 12.8 Å². The number of Topliss-reactive ketones (excluding diaryl/α,β-unsaturated/α-hetero) is 1. The predicted molar refractivity (Wildman–Crippen MR) is 77.5 cm³/mol. The zero-order valence-corrected chi connectivity index (χ0v) is 11.7. The number of rotatable bonds is 3. The van der Waals surface area contributed by atoms with E-state index in [1.807, 2.05) is 12.1 Å². The fourth-order valence-electron chi connectivity index (χ4n) is 2.80. The Morgan fingerprint density at radius 3 is 2.45 bits per heavy atom. The van der Waals surface area contributed by atoms with Gasteiger partial charge in [0, 0.05) is 17.4 Å². The first kappa shape index (κ1) is 13.3. The summed E-state index contributed by atoms with van der Waals surface area (Å²) in [5.41, 5.74) is 2.85. The first-order valence-corrected chi connectivity index (χ1v) is 7.04. The standard InChI is InChI=1S/C17H14ClFO/c18-15-5-6-16(19)13(9-15)10-17(20)14-7-11-3-1-2-4-12(11)8-14/h1-6,9,14H,7-8,10H2. The van der Waals surface area contributed by atoms with E-state index in [-0.39, 0.29) is 23.9 Å². The van der Waals surface area contributed by atoms with Crippen LogP contribution in [0.4, 0.5) is 4.39 Å². The average molecular weight is 289 g/mol. The molecule has 0 N–H and O–H groups in total. The van der Waals surface area contributed by atoms with Crippen LogP contribution in [0.3, 0.4) is 0 Å². The molecule has 2 aromatic carbocycles. The summed E-state index contributed by atoms with van der Waals surface area (Å²) in [4.78, 5) is 12.3. The molecule has 3 heteroatoms. The van der Waals surface area contributed by atoms with Gasteiger partial charge in [-0.15, -0.1) is 0 Å². The van der Waals surface area contributed by atoms with Crippen molar-refractivity contribution in [3.63, 3.8) is 0 Å². The van der Waals surface area contributed by atoms with Crippen molar-refractivity contribution in [2.45, 2.75) is 19.3 Å². The Morgan fingerprint density at radius 1 is 1.15 bits per heavy atom. The zero-order valence-electron chi connectivity index (χ0n) is 10.9. The highest BCUT2D eigenvalue weighted by molar-refractivity contribution is 6.30. The van der Waals surface area contributed by atoms with Gasteiger partial charge in [-0.3, -0.25) is 4.79 Å². The lowest BCUT2D eigenvalue weighted by Crippen LogP contribution is -2.17. The Kier molecular flexibility index (Phi) is 3.58. The SMILES string of the molecule is O=C(Cc1cc(Cl)ccc1F)C1Cc2ccccc2C1. The molecule has 20 heavy (non-hydrogen) atoms. The summed E-state index contributed by atoms with van der Waals surface area (Å²) in [5, 5.41) is 0.462. The third kappa shape index (κ3) is 2.61. The fourth-order valence-corrected chi connectivity index (χ4v) is 2.99. The minimum absolute atomic E-state index is 0.0363. The second-order valence-electron chi connectivity index (χ2n) is 5.25. The second-order valence-corrected chi connectivity index (χ2v) is 5.69. The summed E-state index contributed by atoms with van der Waals surface area (Å²) in [6.07, 6.45) is 1.64. The van der Waals surface area contributed by atoms with Crippen LogP contribution in [0.15, 0.2) is 42.5 Å². The van der Waals surface area contributed by atoms with Crippen molar-refractivity contribution < 1.29 is 9.18 Å². The molecule has 1 aliphatic carbocycles. The van der Waals surface area contributed by atoms with Crippen molar-refractivity contribution in [2.75, 3.05) is 0 Å². The highest BCUT2D eigenvalue weighted by Crippen LogP contribution is 2.28. The van der Waals surface area contributed by atoms with Gasteiger partial charge in [-0.25, -0.2) is 4.39 Å². The molecule has 0 amide bonds. The Balaban J connectivity index is 1.74. The van der Waals surface area contributed by atoms with E-state index in [0.29, 0.717) is 10.6 Å². The van der Waals surface area contributed by atoms with Gasteiger partial charge in [0.15, 0.2) is 0 Å². The van der Waals surface area contributed by atoms with Gasteiger partial charge in [-0.2, -0.15) is 0 Å². The maximum absolute atomic E-state index is 13.7. The number of ketones is 1. The number of halogens is 2. The van der Waals surface area contributed by atoms with Gasteiger partial charge < -0.3 is 0 Å². The van der Waals surface area contributed by atoms with Gasteiger partial charge in [0.25, 0.3) is 0 Å². The Morgan fingerprint density at radius 2 is 1.80 bits per heavy atom. The third-order valence-electron chi connectivity index (χ3n) is 3.88. The Hall–Kier alpha value is -1.67. The quantitative estimate of drug-likeness (QED) is 0.834. The molecule has 0 atom stereocenters. The van der Waals surface area contributed by atoms with Crippen molar-refractivity contribution in [3.8, 4) is 0 Å². The molecule has 0 radical (unpaired) electrons. The van der Waals surface area contributed by atoms with Crippen molar-refractivity contribution in [3.05, 3.63) is 70.0 Å². The van der Waals surface area contributed by atoms with Crippen LogP contribution in [-0.4, -0.2) is 5.78 Å². The van der Waals surface area contributed by atoms with E-state index < -0.39 is 0 Å². The molecule has 1 aliphatic rings. The van der Waals surface area contributed by atoms with Crippen molar-refractivity contribution in [1.82, 2.24) is 0 Å². The number of benzene rings is 2. The smallest absolute Gasteiger partial charge is 0.141 e. The van der Waals surface area contributed by atoms with Crippen LogP contribution >= 0.6 is 11.6 Å². The summed E-state index contributed by atoms with van der Waals surface area (Å²) < 4.78 is 13.7. The minimum atomic E-state index is -0.363. The van der Waals surface area contributed by atoms with Crippen LogP contribution in [0.2, 0.25) is 5.02 Å². The number of fused-ring (bicyclic) bond motifs is 1. The van der Waals surface area contributed by atoms with E-state index in [1.54, 1.807) is 0 Å². The molecule has 0 aromatic heterocycles. The zero-order chi connectivity index (χ0) is 14.1. The van der Waals surface area contributed by atoms with E-state index >= 15 is 0 Å². The van der Waals surface area contributed by atoms with E-state index in [1.165, 1.54) is 29.3 Å². The number of carbonyl (C=O) groups is 1. The van der Waals surface area contributed by atoms with Crippen LogP contribution in [0.5, 0.6) is 0 Å². The molecular weight excluding hydrogens is 275 g/mol. The normalized spacial score (nSPS) is 14.3. The lowest BCUT2D eigenvalue weighted by Gasteiger charge is -2.09. The fraction of sp³-hybridized carbons (Fsp3) is 0.235. The molecule has 0 aliphatic heterocycles. The molecule has 1 nitrogen and oxygen atoms in total. The first-order chi connectivity index (χ1) is 9.63. The number of carbonyl (C=O) groups excluding carboxylic acids is 1. The Bertz CT molecular complexity index is 641. The van der Waals surface area contributed by atoms with Gasteiger partial charge in [0.05, 0.1) is 0 Å². The molecule has 0 saturated carbocycles. The molecule has 102 valence electrons. The monoisotopic (exact) mass is 288 g/mol. The molecule has 0 fully saturated rings. The van der Waals surface area contributed by atoms with Crippen molar-refractivity contribution >= 4 is 17.4 Å². The summed E-state index contributed by atoms with van der Waals surface area (Å²) >= 11 is 5.85. The van der Waals surface area contributed by atoms with E-state index in [9.17, 15) is 9.18 Å². The Labute approximate surface area is 122 Å². The molecular formula is C17H14ClFO. The summed E-state index contributed by atoms with van der Waals surface area (Å²) in [7, 11) is 0. The maximum Gasteiger partial charge on any atom is 0.141 e. The summed E-state index contributed by atoms with van der Waals surface area (Å²) in [6.45, 7) is 0. The summed E-state index contributed by atoms with van der Waals surface area (Å²) in [5.74, 6) is -0.314. The minimum Gasteiger partial charge on any atom is -0.299 e. The molecule has 2 aromatic rings. The molecule has 0 heterocycles. The van der Waals surface area contributed by atoms with Gasteiger partial charge in [-0.05, 0) is 47.7 Å². The molecule has 0 saturated heterocycles. The van der Waals surface area contributed by atoms with Gasteiger partial charge in [0.1, 0.15) is 11.6 Å².